The quantitative estimate of drug-likeness (QED) is 0.416. The molecule has 0 aliphatic carbocycles. The van der Waals surface area contributed by atoms with Gasteiger partial charge in [0.15, 0.2) is 0 Å². The van der Waals surface area contributed by atoms with Gasteiger partial charge in [0.2, 0.25) is 0 Å². The number of para-hydroxylation sites is 1. The van der Waals surface area contributed by atoms with Crippen molar-refractivity contribution in [2.75, 3.05) is 20.0 Å². The lowest BCUT2D eigenvalue weighted by atomic mass is 10.0. The number of carboxylic acid groups (broad SMARTS) is 1. The Hall–Kier alpha value is -2.90. The highest BCUT2D eigenvalue weighted by molar-refractivity contribution is 5.94. The van der Waals surface area contributed by atoms with E-state index in [4.69, 9.17) is 19.3 Å². The van der Waals surface area contributed by atoms with Crippen LogP contribution < -0.4 is 10.1 Å². The van der Waals surface area contributed by atoms with Crippen LogP contribution in [0.3, 0.4) is 0 Å². The zero-order chi connectivity index (χ0) is 21.1. The van der Waals surface area contributed by atoms with Crippen LogP contribution >= 0.6 is 0 Å². The van der Waals surface area contributed by atoms with E-state index in [1.54, 1.807) is 31.2 Å². The second kappa shape index (κ2) is 11.8. The summed E-state index contributed by atoms with van der Waals surface area (Å²) in [7, 11) is 0. The molecule has 2 aromatic rings. The molecule has 29 heavy (non-hydrogen) atoms. The molecule has 0 aliphatic rings. The Labute approximate surface area is 170 Å². The lowest BCUT2D eigenvalue weighted by Gasteiger charge is -2.21. The number of amides is 1. The summed E-state index contributed by atoms with van der Waals surface area (Å²) < 4.78 is 16.2. The van der Waals surface area contributed by atoms with Crippen LogP contribution in [0.15, 0.2) is 54.6 Å². The van der Waals surface area contributed by atoms with E-state index in [9.17, 15) is 9.59 Å². The molecule has 1 amide bonds. The zero-order valence-electron chi connectivity index (χ0n) is 16.7. The molecule has 0 heterocycles. The summed E-state index contributed by atoms with van der Waals surface area (Å²) in [6, 6.07) is 15.6. The van der Waals surface area contributed by atoms with Crippen molar-refractivity contribution in [3.05, 3.63) is 60.2 Å². The Morgan fingerprint density at radius 3 is 2.28 bits per heavy atom. The number of benzene rings is 2. The number of carbonyl (C=O) groups is 2. The molecule has 0 saturated carbocycles. The van der Waals surface area contributed by atoms with Gasteiger partial charge < -0.3 is 24.6 Å². The van der Waals surface area contributed by atoms with E-state index < -0.39 is 17.9 Å². The third-order valence-electron chi connectivity index (χ3n) is 4.18. The van der Waals surface area contributed by atoms with Gasteiger partial charge in [0.25, 0.3) is 5.91 Å². The maximum atomic E-state index is 12.6. The average Bonchev–Trinajstić information content (AvgIpc) is 2.72. The van der Waals surface area contributed by atoms with Crippen molar-refractivity contribution in [3.63, 3.8) is 0 Å². The van der Waals surface area contributed by atoms with E-state index >= 15 is 0 Å². The number of carbonyl (C=O) groups excluding carboxylic acids is 1. The normalized spacial score (nSPS) is 12.8. The molecular formula is C22H27NO6. The third kappa shape index (κ3) is 7.93. The number of rotatable bonds is 12. The number of hydrogen-bond acceptors (Lipinski definition) is 5. The van der Waals surface area contributed by atoms with Gasteiger partial charge in [-0.3, -0.25) is 9.59 Å². The van der Waals surface area contributed by atoms with Crippen molar-refractivity contribution in [1.82, 2.24) is 5.32 Å². The fraction of sp³-hybridized carbons (Fsp3) is 0.364. The minimum Gasteiger partial charge on any atom is -0.481 e. The van der Waals surface area contributed by atoms with Crippen LogP contribution in [0, 0.1) is 5.92 Å². The molecule has 156 valence electrons. The minimum absolute atomic E-state index is 0.0931. The van der Waals surface area contributed by atoms with Crippen molar-refractivity contribution in [2.45, 2.75) is 26.3 Å². The Morgan fingerprint density at radius 1 is 1.00 bits per heavy atom. The van der Waals surface area contributed by atoms with E-state index in [-0.39, 0.29) is 25.7 Å². The largest absolute Gasteiger partial charge is 0.481 e. The second-order valence-corrected chi connectivity index (χ2v) is 6.57. The van der Waals surface area contributed by atoms with Gasteiger partial charge in [-0.15, -0.1) is 0 Å². The van der Waals surface area contributed by atoms with E-state index in [1.165, 1.54) is 0 Å². The summed E-state index contributed by atoms with van der Waals surface area (Å²) in [6.07, 6.45) is 0.252. The van der Waals surface area contributed by atoms with E-state index in [1.807, 2.05) is 37.3 Å². The molecule has 0 aromatic heterocycles. The van der Waals surface area contributed by atoms with Crippen LogP contribution in [0.25, 0.3) is 0 Å². The van der Waals surface area contributed by atoms with Crippen LogP contribution in [0.4, 0.5) is 0 Å². The average molecular weight is 401 g/mol. The van der Waals surface area contributed by atoms with Gasteiger partial charge in [0.1, 0.15) is 18.3 Å². The highest BCUT2D eigenvalue weighted by Gasteiger charge is 2.21. The number of carboxylic acids is 1. The molecule has 7 nitrogen and oxygen atoms in total. The molecule has 0 bridgehead atoms. The summed E-state index contributed by atoms with van der Waals surface area (Å²) >= 11 is 0. The monoisotopic (exact) mass is 401 g/mol. The van der Waals surface area contributed by atoms with Crippen LogP contribution in [0.1, 0.15) is 30.6 Å². The molecule has 2 rings (SSSR count). The van der Waals surface area contributed by atoms with Gasteiger partial charge in [-0.25, -0.2) is 0 Å². The smallest absolute Gasteiger partial charge is 0.306 e. The van der Waals surface area contributed by atoms with E-state index in [0.717, 1.165) is 0 Å². The molecule has 7 heteroatoms. The van der Waals surface area contributed by atoms with E-state index in [0.29, 0.717) is 23.7 Å². The SMILES string of the molecule is CCOCOC[C@H](C[C@H](C)C(=O)O)NC(=O)c1ccc(Oc2ccccc2)cc1. The first-order chi connectivity index (χ1) is 14.0. The molecular weight excluding hydrogens is 374 g/mol. The molecule has 0 spiro atoms. The van der Waals surface area contributed by atoms with Crippen LogP contribution in [0.2, 0.25) is 0 Å². The van der Waals surface area contributed by atoms with Crippen molar-refractivity contribution in [3.8, 4) is 11.5 Å². The fourth-order valence-electron chi connectivity index (χ4n) is 2.60. The number of ether oxygens (including phenoxy) is 3. The summed E-state index contributed by atoms with van der Waals surface area (Å²) in [4.78, 5) is 23.7. The van der Waals surface area contributed by atoms with Gasteiger partial charge in [0.05, 0.1) is 18.6 Å². The van der Waals surface area contributed by atoms with Gasteiger partial charge in [-0.2, -0.15) is 0 Å². The maximum absolute atomic E-state index is 12.6. The molecule has 0 fully saturated rings. The fourth-order valence-corrected chi connectivity index (χ4v) is 2.60. The van der Waals surface area contributed by atoms with Crippen LogP contribution in [0.5, 0.6) is 11.5 Å². The summed E-state index contributed by atoms with van der Waals surface area (Å²) in [6.45, 7) is 4.22. The molecule has 2 aromatic carbocycles. The molecule has 0 saturated heterocycles. The Kier molecular flexibility index (Phi) is 9.14. The standard InChI is InChI=1S/C22H27NO6/c1-3-27-15-28-14-18(13-16(2)22(25)26)23-21(24)17-9-11-20(12-10-17)29-19-7-5-4-6-8-19/h4-12,16,18H,3,13-15H2,1-2H3,(H,23,24)(H,25,26)/t16-,18-/m0/s1. The molecule has 2 N–H and O–H groups in total. The topological polar surface area (TPSA) is 94.1 Å². The maximum Gasteiger partial charge on any atom is 0.306 e. The number of aliphatic carboxylic acids is 1. The lowest BCUT2D eigenvalue weighted by molar-refractivity contribution is -0.141. The van der Waals surface area contributed by atoms with Gasteiger partial charge >= 0.3 is 5.97 Å². The Morgan fingerprint density at radius 2 is 1.66 bits per heavy atom. The summed E-state index contributed by atoms with van der Waals surface area (Å²) in [5.41, 5.74) is 0.447. The zero-order valence-corrected chi connectivity index (χ0v) is 16.7. The minimum atomic E-state index is -0.920. The highest BCUT2D eigenvalue weighted by atomic mass is 16.7. The predicted octanol–water partition coefficient (Wildman–Crippen LogP) is 3.70. The first-order valence-electron chi connectivity index (χ1n) is 9.51. The predicted molar refractivity (Wildman–Crippen MR) is 108 cm³/mol. The molecule has 2 atom stereocenters. The number of nitrogens with one attached hydrogen (secondary N) is 1. The summed E-state index contributed by atoms with van der Waals surface area (Å²) in [5, 5.41) is 12.0. The third-order valence-corrected chi connectivity index (χ3v) is 4.18. The van der Waals surface area contributed by atoms with Crippen molar-refractivity contribution < 1.29 is 28.9 Å². The van der Waals surface area contributed by atoms with Crippen molar-refractivity contribution >= 4 is 11.9 Å². The highest BCUT2D eigenvalue weighted by Crippen LogP contribution is 2.21. The van der Waals surface area contributed by atoms with Crippen molar-refractivity contribution in [1.29, 1.82) is 0 Å². The lowest BCUT2D eigenvalue weighted by Crippen LogP contribution is -2.40. The van der Waals surface area contributed by atoms with Crippen LogP contribution in [-0.2, 0) is 14.3 Å². The molecule has 0 aliphatic heterocycles. The Bertz CT molecular complexity index is 763. The summed E-state index contributed by atoms with van der Waals surface area (Å²) in [5.74, 6) is -0.518. The molecule has 0 unspecified atom stereocenters. The number of hydrogen-bond donors (Lipinski definition) is 2. The van der Waals surface area contributed by atoms with Gasteiger partial charge in [0, 0.05) is 12.2 Å². The first-order valence-corrected chi connectivity index (χ1v) is 9.51. The first kappa shape index (κ1) is 22.4. The van der Waals surface area contributed by atoms with E-state index in [2.05, 4.69) is 5.32 Å². The van der Waals surface area contributed by atoms with Gasteiger partial charge in [-0.1, -0.05) is 25.1 Å². The van der Waals surface area contributed by atoms with Gasteiger partial charge in [-0.05, 0) is 49.7 Å². The van der Waals surface area contributed by atoms with Crippen molar-refractivity contribution in [2.24, 2.45) is 5.92 Å². The second-order valence-electron chi connectivity index (χ2n) is 6.57. The van der Waals surface area contributed by atoms with Crippen LogP contribution in [-0.4, -0.2) is 43.0 Å². The molecule has 0 radical (unpaired) electrons. The Balaban J connectivity index is 1.96.